The lowest BCUT2D eigenvalue weighted by Gasteiger charge is -2.11. The molecule has 4 aromatic rings. The number of nitrogens with zero attached hydrogens (tertiary/aromatic N) is 2. The van der Waals surface area contributed by atoms with Gasteiger partial charge in [0.05, 0.1) is 22.2 Å². The highest BCUT2D eigenvalue weighted by Crippen LogP contribution is 2.37. The average Bonchev–Trinajstić information content (AvgIpc) is 3.31. The first-order valence-electron chi connectivity index (χ1n) is 10.5. The zero-order valence-electron chi connectivity index (χ0n) is 17.8. The van der Waals surface area contributed by atoms with Crippen LogP contribution in [-0.2, 0) is 11.3 Å². The largest absolute Gasteiger partial charge is 0.490 e. The molecule has 1 saturated heterocycles. The van der Waals surface area contributed by atoms with E-state index in [0.29, 0.717) is 34.5 Å². The summed E-state index contributed by atoms with van der Waals surface area (Å²) < 4.78 is 8.87. The van der Waals surface area contributed by atoms with E-state index in [2.05, 4.69) is 20.5 Å². The number of thioether (sulfide) groups is 1. The third kappa shape index (κ3) is 4.51. The van der Waals surface area contributed by atoms with Crippen molar-refractivity contribution in [3.05, 3.63) is 99.0 Å². The average molecular weight is 554 g/mol. The molecule has 0 N–H and O–H groups in total. The SMILES string of the molecule is O=C1S/C(=C\c2cn(CCOc3ccccc3Cl)c3ccc(Br)cc23)C(=O)N1c1ccccc1. The molecule has 34 heavy (non-hydrogen) atoms. The molecule has 3 aromatic carbocycles. The van der Waals surface area contributed by atoms with Crippen LogP contribution in [0.4, 0.5) is 10.5 Å². The van der Waals surface area contributed by atoms with Crippen LogP contribution in [0.5, 0.6) is 5.75 Å². The Morgan fingerprint density at radius 3 is 2.56 bits per heavy atom. The maximum absolute atomic E-state index is 13.1. The number of amides is 2. The van der Waals surface area contributed by atoms with Crippen LogP contribution in [-0.4, -0.2) is 22.3 Å². The Hall–Kier alpha value is -3.00. The Morgan fingerprint density at radius 1 is 1.00 bits per heavy atom. The third-order valence-electron chi connectivity index (χ3n) is 5.40. The highest BCUT2D eigenvalue weighted by atomic mass is 79.9. The smallest absolute Gasteiger partial charge is 0.298 e. The van der Waals surface area contributed by atoms with E-state index >= 15 is 0 Å². The van der Waals surface area contributed by atoms with Crippen LogP contribution >= 0.6 is 39.3 Å². The zero-order valence-corrected chi connectivity index (χ0v) is 20.9. The number of imide groups is 1. The van der Waals surface area contributed by atoms with Gasteiger partial charge in [-0.15, -0.1) is 0 Å². The lowest BCUT2D eigenvalue weighted by atomic mass is 10.1. The van der Waals surface area contributed by atoms with Crippen molar-refractivity contribution in [1.29, 1.82) is 0 Å². The van der Waals surface area contributed by atoms with Crippen LogP contribution in [0.3, 0.4) is 0 Å². The number of carbonyl (C=O) groups is 2. The molecular formula is C26H18BrClN2O3S. The van der Waals surface area contributed by atoms with Crippen molar-refractivity contribution in [1.82, 2.24) is 4.57 Å². The van der Waals surface area contributed by atoms with Gasteiger partial charge in [0.25, 0.3) is 11.1 Å². The van der Waals surface area contributed by atoms with E-state index in [0.717, 1.165) is 32.7 Å². The number of anilines is 1. The molecule has 0 unspecified atom stereocenters. The van der Waals surface area contributed by atoms with Crippen LogP contribution in [0.2, 0.25) is 5.02 Å². The third-order valence-corrected chi connectivity index (χ3v) is 7.07. The van der Waals surface area contributed by atoms with Gasteiger partial charge >= 0.3 is 0 Å². The van der Waals surface area contributed by atoms with Crippen LogP contribution in [0, 0.1) is 0 Å². The molecule has 2 heterocycles. The first-order chi connectivity index (χ1) is 16.5. The van der Waals surface area contributed by atoms with Crippen LogP contribution < -0.4 is 9.64 Å². The predicted molar refractivity (Wildman–Crippen MR) is 141 cm³/mol. The van der Waals surface area contributed by atoms with Crippen molar-refractivity contribution in [2.24, 2.45) is 0 Å². The minimum atomic E-state index is -0.320. The van der Waals surface area contributed by atoms with Gasteiger partial charge in [0.1, 0.15) is 12.4 Å². The van der Waals surface area contributed by atoms with Gasteiger partial charge in [-0.25, -0.2) is 4.90 Å². The van der Waals surface area contributed by atoms with E-state index in [1.165, 1.54) is 4.90 Å². The Kier molecular flexibility index (Phi) is 6.50. The lowest BCUT2D eigenvalue weighted by molar-refractivity contribution is -0.113. The number of fused-ring (bicyclic) bond motifs is 1. The standard InChI is InChI=1S/C26H18BrClN2O3S/c27-18-10-11-22-20(15-18)17(16-29(22)12-13-33-23-9-5-4-8-21(23)28)14-24-25(31)30(26(32)34-24)19-6-2-1-3-7-19/h1-11,14-16H,12-13H2/b24-14-. The van der Waals surface area contributed by atoms with E-state index in [1.54, 1.807) is 36.4 Å². The van der Waals surface area contributed by atoms with Crippen molar-refractivity contribution in [3.63, 3.8) is 0 Å². The first-order valence-corrected chi connectivity index (χ1v) is 12.5. The van der Waals surface area contributed by atoms with Crippen LogP contribution in [0.1, 0.15) is 5.56 Å². The molecule has 0 radical (unpaired) electrons. The highest BCUT2D eigenvalue weighted by Gasteiger charge is 2.36. The molecule has 1 fully saturated rings. The fraction of sp³-hybridized carbons (Fsp3) is 0.0769. The molecule has 8 heteroatoms. The van der Waals surface area contributed by atoms with Crippen LogP contribution in [0.25, 0.3) is 17.0 Å². The topological polar surface area (TPSA) is 51.5 Å². The summed E-state index contributed by atoms with van der Waals surface area (Å²) in [7, 11) is 0. The van der Waals surface area contributed by atoms with Gasteiger partial charge in [-0.3, -0.25) is 9.59 Å². The quantitative estimate of drug-likeness (QED) is 0.234. The molecule has 1 aliphatic heterocycles. The number of ether oxygens (including phenoxy) is 1. The van der Waals surface area contributed by atoms with Crippen molar-refractivity contribution >= 4 is 73.1 Å². The summed E-state index contributed by atoms with van der Waals surface area (Å²) in [6.45, 7) is 1.01. The summed E-state index contributed by atoms with van der Waals surface area (Å²) in [6.07, 6.45) is 3.76. The van der Waals surface area contributed by atoms with Gasteiger partial charge in [-0.1, -0.05) is 57.9 Å². The lowest BCUT2D eigenvalue weighted by Crippen LogP contribution is -2.27. The molecule has 0 atom stereocenters. The molecule has 170 valence electrons. The second-order valence-electron chi connectivity index (χ2n) is 7.57. The molecule has 5 rings (SSSR count). The molecule has 0 spiro atoms. The summed E-state index contributed by atoms with van der Waals surface area (Å²) in [5, 5.41) is 1.23. The summed E-state index contributed by atoms with van der Waals surface area (Å²) in [5.41, 5.74) is 2.42. The summed E-state index contributed by atoms with van der Waals surface area (Å²) in [6, 6.07) is 22.3. The number of hydrogen-bond donors (Lipinski definition) is 0. The molecule has 2 amide bonds. The minimum Gasteiger partial charge on any atom is -0.490 e. The highest BCUT2D eigenvalue weighted by molar-refractivity contribution is 9.10. The van der Waals surface area contributed by atoms with Gasteiger partial charge in [0.2, 0.25) is 0 Å². The number of carbonyl (C=O) groups excluding carboxylic acids is 2. The number of hydrogen-bond acceptors (Lipinski definition) is 4. The van der Waals surface area contributed by atoms with Crippen molar-refractivity contribution < 1.29 is 14.3 Å². The van der Waals surface area contributed by atoms with Gasteiger partial charge < -0.3 is 9.30 Å². The molecule has 0 aliphatic carbocycles. The van der Waals surface area contributed by atoms with Gasteiger partial charge in [-0.2, -0.15) is 0 Å². The van der Waals surface area contributed by atoms with Gasteiger partial charge in [0, 0.05) is 27.1 Å². The number of aromatic nitrogens is 1. The monoisotopic (exact) mass is 552 g/mol. The Balaban J connectivity index is 1.44. The van der Waals surface area contributed by atoms with Crippen LogP contribution in [0.15, 0.2) is 88.4 Å². The normalized spacial score (nSPS) is 15.0. The van der Waals surface area contributed by atoms with Crippen molar-refractivity contribution in [3.8, 4) is 5.75 Å². The number of halogens is 2. The molecule has 5 nitrogen and oxygen atoms in total. The van der Waals surface area contributed by atoms with Crippen molar-refractivity contribution in [2.75, 3.05) is 11.5 Å². The maximum atomic E-state index is 13.1. The fourth-order valence-electron chi connectivity index (χ4n) is 3.82. The van der Waals surface area contributed by atoms with E-state index in [1.807, 2.05) is 48.7 Å². The Labute approximate surface area is 214 Å². The maximum Gasteiger partial charge on any atom is 0.298 e. The van der Waals surface area contributed by atoms with Gasteiger partial charge in [-0.05, 0) is 60.3 Å². The van der Waals surface area contributed by atoms with E-state index < -0.39 is 0 Å². The Morgan fingerprint density at radius 2 is 1.76 bits per heavy atom. The molecule has 0 saturated carbocycles. The fourth-order valence-corrected chi connectivity index (χ4v) is 5.20. The van der Waals surface area contributed by atoms with E-state index in [-0.39, 0.29) is 11.1 Å². The molecule has 1 aromatic heterocycles. The van der Waals surface area contributed by atoms with E-state index in [4.69, 9.17) is 16.3 Å². The van der Waals surface area contributed by atoms with E-state index in [9.17, 15) is 9.59 Å². The number of benzene rings is 3. The molecule has 1 aliphatic rings. The van der Waals surface area contributed by atoms with Gasteiger partial charge in [0.15, 0.2) is 0 Å². The summed E-state index contributed by atoms with van der Waals surface area (Å²) >= 11 is 10.7. The summed E-state index contributed by atoms with van der Waals surface area (Å²) in [4.78, 5) is 27.3. The summed E-state index contributed by atoms with van der Waals surface area (Å²) in [5.74, 6) is 0.317. The Bertz CT molecular complexity index is 1430. The molecule has 0 bridgehead atoms. The number of rotatable bonds is 6. The zero-order chi connectivity index (χ0) is 23.7. The molecular weight excluding hydrogens is 536 g/mol. The second kappa shape index (κ2) is 9.70. The second-order valence-corrected chi connectivity index (χ2v) is 9.89. The number of para-hydroxylation sites is 2. The van der Waals surface area contributed by atoms with Crippen molar-refractivity contribution in [2.45, 2.75) is 6.54 Å². The minimum absolute atomic E-state index is 0.305. The predicted octanol–water partition coefficient (Wildman–Crippen LogP) is 7.38. The first kappa shape index (κ1) is 22.8.